The summed E-state index contributed by atoms with van der Waals surface area (Å²) in [5.74, 6) is 0. The Hall–Kier alpha value is -1.53. The van der Waals surface area contributed by atoms with Gasteiger partial charge in [-0.3, -0.25) is 5.32 Å². The highest BCUT2D eigenvalue weighted by molar-refractivity contribution is 5.55. The molecule has 3 heteroatoms. The van der Waals surface area contributed by atoms with Gasteiger partial charge in [0.2, 0.25) is 0 Å². The summed E-state index contributed by atoms with van der Waals surface area (Å²) in [6.07, 6.45) is 2.33. The topological polar surface area (TPSA) is 39.1 Å². The molecule has 0 spiro atoms. The Labute approximate surface area is 109 Å². The summed E-state index contributed by atoms with van der Waals surface area (Å²) in [5, 5.41) is 12.5. The number of nitriles is 1. The number of hydrogen-bond donors (Lipinski definition) is 1. The standard InChI is InChI=1S/C15H21N3/c1-12(2)17-14(10-16)11-18-9-5-7-13-6-3-4-8-15(13)18/h3-4,6,8,12,14,17H,5,7,9,11H2,1-2H3. The molecule has 0 amide bonds. The van der Waals surface area contributed by atoms with E-state index < -0.39 is 0 Å². The quantitative estimate of drug-likeness (QED) is 0.882. The summed E-state index contributed by atoms with van der Waals surface area (Å²) in [5.41, 5.74) is 2.71. The molecule has 0 radical (unpaired) electrons. The van der Waals surface area contributed by atoms with Crippen LogP contribution in [0.25, 0.3) is 0 Å². The maximum Gasteiger partial charge on any atom is 0.113 e. The van der Waals surface area contributed by atoms with E-state index in [2.05, 4.69) is 54.4 Å². The van der Waals surface area contributed by atoms with Crippen LogP contribution in [-0.4, -0.2) is 25.2 Å². The van der Waals surface area contributed by atoms with Gasteiger partial charge in [0.1, 0.15) is 6.04 Å². The minimum absolute atomic E-state index is 0.101. The van der Waals surface area contributed by atoms with Gasteiger partial charge in [0.05, 0.1) is 6.07 Å². The van der Waals surface area contributed by atoms with E-state index in [4.69, 9.17) is 0 Å². The zero-order valence-electron chi connectivity index (χ0n) is 11.2. The summed E-state index contributed by atoms with van der Waals surface area (Å²) in [4.78, 5) is 2.34. The zero-order chi connectivity index (χ0) is 13.0. The number of nitrogens with zero attached hydrogens (tertiary/aromatic N) is 2. The number of fused-ring (bicyclic) bond motifs is 1. The van der Waals surface area contributed by atoms with Crippen LogP contribution in [0.5, 0.6) is 0 Å². The third-order valence-electron chi connectivity index (χ3n) is 3.30. The number of aryl methyl sites for hydroxylation is 1. The fourth-order valence-corrected chi connectivity index (χ4v) is 2.55. The Kier molecular flexibility index (Phi) is 4.22. The molecule has 1 aromatic carbocycles. The molecule has 0 bridgehead atoms. The SMILES string of the molecule is CC(C)NC(C#N)CN1CCCc2ccccc21. The van der Waals surface area contributed by atoms with Crippen molar-refractivity contribution in [3.05, 3.63) is 29.8 Å². The van der Waals surface area contributed by atoms with Crippen molar-refractivity contribution in [2.45, 2.75) is 38.8 Å². The summed E-state index contributed by atoms with van der Waals surface area (Å²) in [7, 11) is 0. The van der Waals surface area contributed by atoms with Gasteiger partial charge in [0, 0.05) is 24.8 Å². The molecule has 1 aromatic rings. The van der Waals surface area contributed by atoms with Crippen LogP contribution in [-0.2, 0) is 6.42 Å². The molecular formula is C15H21N3. The molecule has 2 rings (SSSR count). The van der Waals surface area contributed by atoms with Crippen molar-refractivity contribution in [2.75, 3.05) is 18.0 Å². The maximum atomic E-state index is 9.21. The summed E-state index contributed by atoms with van der Waals surface area (Å²) in [6.45, 7) is 5.98. The van der Waals surface area contributed by atoms with Gasteiger partial charge in [-0.25, -0.2) is 0 Å². The molecule has 0 aromatic heterocycles. The van der Waals surface area contributed by atoms with Crippen LogP contribution < -0.4 is 10.2 Å². The first-order chi connectivity index (χ1) is 8.70. The molecular weight excluding hydrogens is 222 g/mol. The molecule has 18 heavy (non-hydrogen) atoms. The lowest BCUT2D eigenvalue weighted by Crippen LogP contribution is -2.44. The van der Waals surface area contributed by atoms with Crippen molar-refractivity contribution in [3.63, 3.8) is 0 Å². The van der Waals surface area contributed by atoms with Crippen LogP contribution in [0.3, 0.4) is 0 Å². The van der Waals surface area contributed by atoms with E-state index in [1.165, 1.54) is 17.7 Å². The fraction of sp³-hybridized carbons (Fsp3) is 0.533. The van der Waals surface area contributed by atoms with E-state index in [0.29, 0.717) is 6.04 Å². The zero-order valence-corrected chi connectivity index (χ0v) is 11.2. The molecule has 0 saturated heterocycles. The molecule has 1 atom stereocenters. The predicted octanol–water partition coefficient (Wildman–Crippen LogP) is 2.33. The van der Waals surface area contributed by atoms with Crippen LogP contribution in [0.2, 0.25) is 0 Å². The van der Waals surface area contributed by atoms with E-state index in [1.807, 2.05) is 0 Å². The lowest BCUT2D eigenvalue weighted by molar-refractivity contribution is 0.514. The maximum absolute atomic E-state index is 9.21. The largest absolute Gasteiger partial charge is 0.369 e. The Morgan fingerprint density at radius 2 is 2.17 bits per heavy atom. The molecule has 1 heterocycles. The van der Waals surface area contributed by atoms with Crippen molar-refractivity contribution in [1.29, 1.82) is 5.26 Å². The van der Waals surface area contributed by atoms with Crippen LogP contribution >= 0.6 is 0 Å². The third kappa shape index (κ3) is 3.02. The number of para-hydroxylation sites is 1. The number of hydrogen-bond acceptors (Lipinski definition) is 3. The van der Waals surface area contributed by atoms with E-state index in [-0.39, 0.29) is 6.04 Å². The lowest BCUT2D eigenvalue weighted by atomic mass is 10.0. The van der Waals surface area contributed by atoms with Gasteiger partial charge >= 0.3 is 0 Å². The van der Waals surface area contributed by atoms with Gasteiger partial charge in [0.25, 0.3) is 0 Å². The second-order valence-electron chi connectivity index (χ2n) is 5.18. The molecule has 1 aliphatic heterocycles. The monoisotopic (exact) mass is 243 g/mol. The highest BCUT2D eigenvalue weighted by atomic mass is 15.2. The Morgan fingerprint density at radius 1 is 1.39 bits per heavy atom. The first-order valence-corrected chi connectivity index (χ1v) is 6.69. The average molecular weight is 243 g/mol. The lowest BCUT2D eigenvalue weighted by Gasteiger charge is -2.33. The van der Waals surface area contributed by atoms with Gasteiger partial charge in [-0.05, 0) is 38.3 Å². The summed E-state index contributed by atoms with van der Waals surface area (Å²) < 4.78 is 0. The predicted molar refractivity (Wildman–Crippen MR) is 74.6 cm³/mol. The smallest absolute Gasteiger partial charge is 0.113 e. The number of rotatable bonds is 4. The van der Waals surface area contributed by atoms with Crippen LogP contribution in [0, 0.1) is 11.3 Å². The highest BCUT2D eigenvalue weighted by Gasteiger charge is 2.19. The van der Waals surface area contributed by atoms with E-state index >= 15 is 0 Å². The number of anilines is 1. The van der Waals surface area contributed by atoms with Gasteiger partial charge in [0.15, 0.2) is 0 Å². The molecule has 1 unspecified atom stereocenters. The van der Waals surface area contributed by atoms with Crippen LogP contribution in [0.15, 0.2) is 24.3 Å². The number of nitrogens with one attached hydrogen (secondary N) is 1. The van der Waals surface area contributed by atoms with Gasteiger partial charge < -0.3 is 4.90 Å². The second kappa shape index (κ2) is 5.88. The molecule has 3 nitrogen and oxygen atoms in total. The van der Waals surface area contributed by atoms with Gasteiger partial charge in [-0.1, -0.05) is 18.2 Å². The van der Waals surface area contributed by atoms with Crippen molar-refractivity contribution in [3.8, 4) is 6.07 Å². The average Bonchev–Trinajstić information content (AvgIpc) is 2.38. The van der Waals surface area contributed by atoms with Gasteiger partial charge in [-0.15, -0.1) is 0 Å². The van der Waals surface area contributed by atoms with Crippen LogP contribution in [0.4, 0.5) is 5.69 Å². The minimum atomic E-state index is -0.101. The van der Waals surface area contributed by atoms with Gasteiger partial charge in [-0.2, -0.15) is 5.26 Å². The van der Waals surface area contributed by atoms with Crippen LogP contribution in [0.1, 0.15) is 25.8 Å². The second-order valence-corrected chi connectivity index (χ2v) is 5.18. The molecule has 1 N–H and O–H groups in total. The molecule has 0 saturated carbocycles. The minimum Gasteiger partial charge on any atom is -0.369 e. The Balaban J connectivity index is 2.09. The Bertz CT molecular complexity index is 434. The molecule has 0 aliphatic carbocycles. The normalized spacial score (nSPS) is 16.2. The van der Waals surface area contributed by atoms with Crippen molar-refractivity contribution in [2.24, 2.45) is 0 Å². The fourth-order valence-electron chi connectivity index (χ4n) is 2.55. The molecule has 0 fully saturated rings. The first-order valence-electron chi connectivity index (χ1n) is 6.69. The first kappa shape index (κ1) is 12.9. The van der Waals surface area contributed by atoms with Crippen molar-refractivity contribution < 1.29 is 0 Å². The molecule has 1 aliphatic rings. The van der Waals surface area contributed by atoms with E-state index in [1.54, 1.807) is 0 Å². The third-order valence-corrected chi connectivity index (χ3v) is 3.30. The van der Waals surface area contributed by atoms with Crippen molar-refractivity contribution >= 4 is 5.69 Å². The van der Waals surface area contributed by atoms with E-state index in [9.17, 15) is 5.26 Å². The molecule has 96 valence electrons. The Morgan fingerprint density at radius 3 is 2.89 bits per heavy atom. The van der Waals surface area contributed by atoms with E-state index in [0.717, 1.165) is 19.5 Å². The highest BCUT2D eigenvalue weighted by Crippen LogP contribution is 2.26. The summed E-state index contributed by atoms with van der Waals surface area (Å²) in [6, 6.07) is 11.1. The summed E-state index contributed by atoms with van der Waals surface area (Å²) >= 11 is 0. The van der Waals surface area contributed by atoms with Crippen molar-refractivity contribution in [1.82, 2.24) is 5.32 Å². The number of benzene rings is 1.